The molecule has 40 heavy (non-hydrogen) atoms. The van der Waals surface area contributed by atoms with Gasteiger partial charge in [-0.1, -0.05) is 18.2 Å². The van der Waals surface area contributed by atoms with Gasteiger partial charge in [-0.05, 0) is 115 Å². The predicted molar refractivity (Wildman–Crippen MR) is 163 cm³/mol. The van der Waals surface area contributed by atoms with Crippen molar-refractivity contribution in [3.63, 3.8) is 0 Å². The van der Waals surface area contributed by atoms with Crippen molar-refractivity contribution in [3.8, 4) is 5.75 Å². The maximum Gasteiger partial charge on any atom is 0.408 e. The molecule has 220 valence electrons. The molecule has 3 amide bonds. The molecular weight excluding hydrogens is 526 g/mol. The van der Waals surface area contributed by atoms with Gasteiger partial charge in [0.2, 0.25) is 5.91 Å². The number of carbonyl (C=O) groups excluding carboxylic acids is 3. The van der Waals surface area contributed by atoms with Gasteiger partial charge in [0.05, 0.1) is 7.11 Å². The Hall–Kier alpha value is -3.20. The molecule has 0 aromatic heterocycles. The van der Waals surface area contributed by atoms with Gasteiger partial charge in [-0.3, -0.25) is 9.59 Å². The number of hydrogen-bond acceptors (Lipinski definition) is 6. The zero-order valence-corrected chi connectivity index (χ0v) is 26.3. The van der Waals surface area contributed by atoms with Crippen LogP contribution in [0.15, 0.2) is 42.5 Å². The topological polar surface area (TPSA) is 97.0 Å². The Bertz CT molecular complexity index is 1170. The van der Waals surface area contributed by atoms with Crippen molar-refractivity contribution in [2.45, 2.75) is 85.0 Å². The first-order chi connectivity index (χ1) is 18.6. The second-order valence-corrected chi connectivity index (χ2v) is 12.8. The van der Waals surface area contributed by atoms with Crippen LogP contribution in [-0.4, -0.2) is 59.1 Å². The van der Waals surface area contributed by atoms with Crippen LogP contribution in [0.3, 0.4) is 0 Å². The Balaban J connectivity index is 2.59. The van der Waals surface area contributed by atoms with E-state index in [1.54, 1.807) is 68.8 Å². The highest BCUT2D eigenvalue weighted by atomic mass is 32.2. The van der Waals surface area contributed by atoms with E-state index in [0.29, 0.717) is 29.2 Å². The normalized spacial score (nSPS) is 13.2. The van der Waals surface area contributed by atoms with E-state index in [2.05, 4.69) is 10.6 Å². The summed E-state index contributed by atoms with van der Waals surface area (Å²) in [6.45, 7) is 15.0. The minimum absolute atomic E-state index is 0.361. The zero-order chi connectivity index (χ0) is 30.3. The number of rotatable bonds is 10. The highest BCUT2D eigenvalue weighted by Gasteiger charge is 2.42. The average molecular weight is 572 g/mol. The molecular formula is C31H45N3O5S. The third-order valence-electron chi connectivity index (χ3n) is 6.27. The van der Waals surface area contributed by atoms with E-state index in [-0.39, 0.29) is 11.8 Å². The summed E-state index contributed by atoms with van der Waals surface area (Å²) in [6.07, 6.45) is 1.65. The molecule has 0 bridgehead atoms. The number of nitrogens with zero attached hydrogens (tertiary/aromatic N) is 1. The van der Waals surface area contributed by atoms with Crippen LogP contribution in [0.25, 0.3) is 0 Å². The number of ether oxygens (including phenoxy) is 2. The summed E-state index contributed by atoms with van der Waals surface area (Å²) in [5.41, 5.74) is 1.85. The molecule has 2 aromatic rings. The summed E-state index contributed by atoms with van der Waals surface area (Å²) in [7, 11) is 1.58. The summed E-state index contributed by atoms with van der Waals surface area (Å²) < 4.78 is 10.7. The Labute approximate surface area is 243 Å². The number of hydrogen-bond donors (Lipinski definition) is 2. The first kappa shape index (κ1) is 33.0. The molecule has 0 saturated carbocycles. The Kier molecular flexibility index (Phi) is 11.5. The fraction of sp³-hybridized carbons (Fsp3) is 0.516. The molecule has 0 aliphatic carbocycles. The minimum Gasteiger partial charge on any atom is -0.497 e. The largest absolute Gasteiger partial charge is 0.497 e. The molecule has 0 aliphatic rings. The maximum absolute atomic E-state index is 14.4. The van der Waals surface area contributed by atoms with Crippen molar-refractivity contribution in [2.75, 3.05) is 24.4 Å². The molecule has 2 atom stereocenters. The number of amides is 3. The summed E-state index contributed by atoms with van der Waals surface area (Å²) >= 11 is 1.57. The lowest BCUT2D eigenvalue weighted by molar-refractivity contribution is -0.146. The number of carbonyl (C=O) groups is 3. The van der Waals surface area contributed by atoms with Gasteiger partial charge in [0.25, 0.3) is 5.91 Å². The molecule has 9 heteroatoms. The summed E-state index contributed by atoms with van der Waals surface area (Å²) in [5.74, 6) is 0.578. The third kappa shape index (κ3) is 9.47. The Morgan fingerprint density at radius 2 is 1.57 bits per heavy atom. The molecule has 8 nitrogen and oxygen atoms in total. The van der Waals surface area contributed by atoms with E-state index in [1.807, 2.05) is 59.1 Å². The van der Waals surface area contributed by atoms with Crippen LogP contribution in [0.5, 0.6) is 5.75 Å². The summed E-state index contributed by atoms with van der Waals surface area (Å²) in [4.78, 5) is 42.7. The fourth-order valence-electron chi connectivity index (χ4n) is 4.19. The van der Waals surface area contributed by atoms with Gasteiger partial charge in [-0.15, -0.1) is 0 Å². The van der Waals surface area contributed by atoms with Gasteiger partial charge >= 0.3 is 6.09 Å². The van der Waals surface area contributed by atoms with E-state index in [9.17, 15) is 14.4 Å². The van der Waals surface area contributed by atoms with E-state index in [4.69, 9.17) is 9.47 Å². The minimum atomic E-state index is -0.967. The van der Waals surface area contributed by atoms with Crippen LogP contribution >= 0.6 is 11.8 Å². The molecule has 0 heterocycles. The van der Waals surface area contributed by atoms with Crippen molar-refractivity contribution >= 4 is 35.4 Å². The van der Waals surface area contributed by atoms with Crippen LogP contribution in [0.1, 0.15) is 70.7 Å². The van der Waals surface area contributed by atoms with Gasteiger partial charge in [-0.25, -0.2) is 4.79 Å². The molecule has 2 unspecified atom stereocenters. The smallest absolute Gasteiger partial charge is 0.408 e. The van der Waals surface area contributed by atoms with E-state index in [0.717, 1.165) is 11.1 Å². The second kappa shape index (κ2) is 13.9. The van der Waals surface area contributed by atoms with Crippen LogP contribution in [0, 0.1) is 13.8 Å². The molecule has 2 N–H and O–H groups in total. The molecule has 0 radical (unpaired) electrons. The van der Waals surface area contributed by atoms with E-state index < -0.39 is 29.3 Å². The molecule has 2 aromatic carbocycles. The predicted octanol–water partition coefficient (Wildman–Crippen LogP) is 6.27. The number of thioether (sulfide) groups is 1. The van der Waals surface area contributed by atoms with Gasteiger partial charge in [0.1, 0.15) is 23.4 Å². The second-order valence-electron chi connectivity index (χ2n) is 11.8. The lowest BCUT2D eigenvalue weighted by atomic mass is 9.93. The highest BCUT2D eigenvalue weighted by molar-refractivity contribution is 7.98. The number of anilines is 1. The highest BCUT2D eigenvalue weighted by Crippen LogP contribution is 2.32. The first-order valence-electron chi connectivity index (χ1n) is 13.4. The van der Waals surface area contributed by atoms with Crippen LogP contribution < -0.4 is 15.4 Å². The lowest BCUT2D eigenvalue weighted by Crippen LogP contribution is -2.58. The molecule has 0 saturated heterocycles. The molecule has 0 spiro atoms. The Morgan fingerprint density at radius 3 is 2.08 bits per heavy atom. The first-order valence-corrected chi connectivity index (χ1v) is 14.8. The van der Waals surface area contributed by atoms with Gasteiger partial charge < -0.3 is 25.0 Å². The van der Waals surface area contributed by atoms with Crippen molar-refractivity contribution in [3.05, 3.63) is 59.2 Å². The quantitative estimate of drug-likeness (QED) is 0.349. The van der Waals surface area contributed by atoms with Crippen molar-refractivity contribution in [2.24, 2.45) is 0 Å². The monoisotopic (exact) mass is 571 g/mol. The van der Waals surface area contributed by atoms with Crippen LogP contribution in [-0.2, 0) is 14.3 Å². The average Bonchev–Trinajstić information content (AvgIpc) is 2.85. The number of alkyl carbamates (subject to hydrolysis) is 1. The molecule has 0 aliphatic heterocycles. The third-order valence-corrected chi connectivity index (χ3v) is 6.91. The Morgan fingerprint density at radius 1 is 0.950 bits per heavy atom. The zero-order valence-electron chi connectivity index (χ0n) is 25.5. The maximum atomic E-state index is 14.4. The number of benzene rings is 2. The van der Waals surface area contributed by atoms with E-state index >= 15 is 0 Å². The SMILES string of the molecule is COc1ccc(NC(=O)C(c2ccc(C)c(C)c2)N(C(=O)C(CCSC)NC(=O)OC(C)(C)C)C(C)(C)C)cc1. The standard InChI is InChI=1S/C31H45N3O5S/c1-20-11-12-22(19-21(20)2)26(27(35)32-23-13-15-24(38-9)16-14-23)34(30(3,4)5)28(36)25(17-18-40-10)33-29(37)39-31(6,7)8/h11-16,19,25-26H,17-18H2,1-10H3,(H,32,35)(H,33,37). The number of nitrogens with one attached hydrogen (secondary N) is 2. The summed E-state index contributed by atoms with van der Waals surface area (Å²) in [6, 6.07) is 10.9. The van der Waals surface area contributed by atoms with Gasteiger partial charge in [0, 0.05) is 11.2 Å². The van der Waals surface area contributed by atoms with Crippen molar-refractivity contribution in [1.82, 2.24) is 10.2 Å². The number of aryl methyl sites for hydroxylation is 2. The number of methoxy groups -OCH3 is 1. The van der Waals surface area contributed by atoms with Gasteiger partial charge in [-0.2, -0.15) is 11.8 Å². The van der Waals surface area contributed by atoms with Crippen molar-refractivity contribution in [1.29, 1.82) is 0 Å². The fourth-order valence-corrected chi connectivity index (χ4v) is 4.66. The molecule has 2 rings (SSSR count). The van der Waals surface area contributed by atoms with Crippen molar-refractivity contribution < 1.29 is 23.9 Å². The van der Waals surface area contributed by atoms with Gasteiger partial charge in [0.15, 0.2) is 0 Å². The van der Waals surface area contributed by atoms with E-state index in [1.165, 1.54) is 0 Å². The molecule has 0 fully saturated rings. The lowest BCUT2D eigenvalue weighted by Gasteiger charge is -2.43. The van der Waals surface area contributed by atoms with Crippen LogP contribution in [0.2, 0.25) is 0 Å². The summed E-state index contributed by atoms with van der Waals surface area (Å²) in [5, 5.41) is 5.76. The van der Waals surface area contributed by atoms with Crippen LogP contribution in [0.4, 0.5) is 10.5 Å².